The molecule has 4 rings (SSSR count). The van der Waals surface area contributed by atoms with Gasteiger partial charge in [0.2, 0.25) is 5.91 Å². The van der Waals surface area contributed by atoms with Crippen molar-refractivity contribution in [2.24, 2.45) is 0 Å². The summed E-state index contributed by atoms with van der Waals surface area (Å²) in [5, 5.41) is 5.35. The van der Waals surface area contributed by atoms with Gasteiger partial charge in [-0.15, -0.1) is 11.3 Å². The van der Waals surface area contributed by atoms with Crippen LogP contribution in [0.25, 0.3) is 21.9 Å². The van der Waals surface area contributed by atoms with Gasteiger partial charge in [-0.2, -0.15) is 0 Å². The monoisotopic (exact) mass is 370 g/mol. The smallest absolute Gasteiger partial charge is 0.277 e. The molecule has 3 heterocycles. The summed E-state index contributed by atoms with van der Waals surface area (Å²) < 4.78 is 14.8. The first-order valence-corrected chi connectivity index (χ1v) is 8.95. The minimum atomic E-state index is -0.383. The lowest BCUT2D eigenvalue weighted by molar-refractivity contribution is -0.121. The standard InChI is InChI=1S/C18H15FN4O2S/c19-11-3-4-14-13(8-11)16-17(22-14)18(25)23(10-21-16)6-5-15(24)20-9-12-2-1-7-26-12/h1-4,7-8,10,22H,5-6,9H2,(H,20,24). The van der Waals surface area contributed by atoms with Gasteiger partial charge in [0.25, 0.3) is 5.56 Å². The quantitative estimate of drug-likeness (QED) is 0.567. The summed E-state index contributed by atoms with van der Waals surface area (Å²) in [6, 6.07) is 8.14. The minimum absolute atomic E-state index is 0.135. The van der Waals surface area contributed by atoms with E-state index in [4.69, 9.17) is 0 Å². The van der Waals surface area contributed by atoms with Gasteiger partial charge in [0, 0.05) is 28.7 Å². The van der Waals surface area contributed by atoms with Gasteiger partial charge in [0.05, 0.1) is 12.9 Å². The third-order valence-corrected chi connectivity index (χ3v) is 5.03. The second-order valence-corrected chi connectivity index (χ2v) is 6.92. The van der Waals surface area contributed by atoms with Gasteiger partial charge in [-0.25, -0.2) is 9.37 Å². The van der Waals surface area contributed by atoms with E-state index < -0.39 is 0 Å². The van der Waals surface area contributed by atoms with Crippen LogP contribution in [0.15, 0.2) is 46.8 Å². The Morgan fingerprint density at radius 3 is 3.04 bits per heavy atom. The van der Waals surface area contributed by atoms with Gasteiger partial charge in [-0.1, -0.05) is 6.07 Å². The van der Waals surface area contributed by atoms with E-state index in [-0.39, 0.29) is 30.2 Å². The minimum Gasteiger partial charge on any atom is -0.351 e. The molecule has 0 aliphatic carbocycles. The molecule has 3 aromatic heterocycles. The van der Waals surface area contributed by atoms with E-state index >= 15 is 0 Å². The highest BCUT2D eigenvalue weighted by Gasteiger charge is 2.12. The van der Waals surface area contributed by atoms with Crippen molar-refractivity contribution in [1.82, 2.24) is 19.9 Å². The van der Waals surface area contributed by atoms with Crippen molar-refractivity contribution in [3.05, 3.63) is 63.1 Å². The fraction of sp³-hybridized carbons (Fsp3) is 0.167. The molecule has 1 aromatic carbocycles. The topological polar surface area (TPSA) is 79.8 Å². The number of H-pyrrole nitrogens is 1. The zero-order valence-corrected chi connectivity index (χ0v) is 14.5. The molecule has 0 unspecified atom stereocenters. The molecule has 0 aliphatic heterocycles. The number of carbonyl (C=O) groups is 1. The molecule has 2 N–H and O–H groups in total. The van der Waals surface area contributed by atoms with Crippen LogP contribution in [0.4, 0.5) is 4.39 Å². The van der Waals surface area contributed by atoms with Crippen LogP contribution >= 0.6 is 11.3 Å². The largest absolute Gasteiger partial charge is 0.351 e. The lowest BCUT2D eigenvalue weighted by Gasteiger charge is -2.06. The van der Waals surface area contributed by atoms with Crippen molar-refractivity contribution in [3.63, 3.8) is 0 Å². The molecule has 0 atom stereocenters. The van der Waals surface area contributed by atoms with E-state index in [1.165, 1.54) is 23.0 Å². The van der Waals surface area contributed by atoms with Crippen LogP contribution in [0.5, 0.6) is 0 Å². The number of aromatic amines is 1. The second-order valence-electron chi connectivity index (χ2n) is 5.89. The Labute approximate surface area is 151 Å². The van der Waals surface area contributed by atoms with Crippen LogP contribution in [-0.4, -0.2) is 20.4 Å². The third-order valence-electron chi connectivity index (χ3n) is 4.15. The van der Waals surface area contributed by atoms with E-state index in [2.05, 4.69) is 15.3 Å². The Kier molecular flexibility index (Phi) is 4.26. The summed E-state index contributed by atoms with van der Waals surface area (Å²) >= 11 is 1.58. The van der Waals surface area contributed by atoms with Crippen LogP contribution in [0.1, 0.15) is 11.3 Å². The Morgan fingerprint density at radius 1 is 1.35 bits per heavy atom. The number of fused-ring (bicyclic) bond motifs is 3. The number of rotatable bonds is 5. The summed E-state index contributed by atoms with van der Waals surface area (Å²) in [5.41, 5.74) is 1.12. The summed E-state index contributed by atoms with van der Waals surface area (Å²) in [4.78, 5) is 32.9. The average Bonchev–Trinajstić information content (AvgIpc) is 3.27. The van der Waals surface area contributed by atoms with E-state index in [0.717, 1.165) is 4.88 Å². The number of nitrogens with zero attached hydrogens (tertiary/aromatic N) is 2. The fourth-order valence-electron chi connectivity index (χ4n) is 2.83. The van der Waals surface area contributed by atoms with Crippen molar-refractivity contribution >= 4 is 39.2 Å². The van der Waals surface area contributed by atoms with Gasteiger partial charge < -0.3 is 10.3 Å². The molecule has 26 heavy (non-hydrogen) atoms. The van der Waals surface area contributed by atoms with E-state index in [0.29, 0.717) is 28.5 Å². The van der Waals surface area contributed by atoms with Gasteiger partial charge in [0.1, 0.15) is 16.9 Å². The molecule has 0 aliphatic rings. The number of nitrogens with one attached hydrogen (secondary N) is 2. The number of thiophene rings is 1. The Hall–Kier alpha value is -3.00. The molecule has 0 bridgehead atoms. The van der Waals surface area contributed by atoms with E-state index in [1.54, 1.807) is 17.4 Å². The maximum Gasteiger partial charge on any atom is 0.277 e. The van der Waals surface area contributed by atoms with Crippen LogP contribution < -0.4 is 10.9 Å². The molecule has 1 amide bonds. The summed E-state index contributed by atoms with van der Waals surface area (Å²) in [6.45, 7) is 0.706. The van der Waals surface area contributed by atoms with Crippen molar-refractivity contribution in [2.75, 3.05) is 0 Å². The summed E-state index contributed by atoms with van der Waals surface area (Å²) in [7, 11) is 0. The number of amides is 1. The van der Waals surface area contributed by atoms with Crippen molar-refractivity contribution in [1.29, 1.82) is 0 Å². The van der Waals surface area contributed by atoms with Crippen molar-refractivity contribution < 1.29 is 9.18 Å². The lowest BCUT2D eigenvalue weighted by Crippen LogP contribution is -2.27. The van der Waals surface area contributed by atoms with E-state index in [9.17, 15) is 14.0 Å². The second kappa shape index (κ2) is 6.72. The molecule has 0 saturated heterocycles. The number of carbonyl (C=O) groups excluding carboxylic acids is 1. The lowest BCUT2D eigenvalue weighted by atomic mass is 10.2. The number of hydrogen-bond donors (Lipinski definition) is 2. The Bertz CT molecular complexity index is 1150. The maximum absolute atomic E-state index is 13.4. The number of aryl methyl sites for hydroxylation is 1. The highest BCUT2D eigenvalue weighted by molar-refractivity contribution is 7.09. The molecule has 0 fully saturated rings. The normalized spacial score (nSPS) is 11.3. The van der Waals surface area contributed by atoms with Crippen molar-refractivity contribution in [3.8, 4) is 0 Å². The fourth-order valence-corrected chi connectivity index (χ4v) is 3.48. The molecule has 8 heteroatoms. The molecule has 132 valence electrons. The molecule has 4 aromatic rings. The molecular formula is C18H15FN4O2S. The highest BCUT2D eigenvalue weighted by atomic mass is 32.1. The zero-order chi connectivity index (χ0) is 18.1. The molecule has 0 spiro atoms. The summed E-state index contributed by atoms with van der Waals surface area (Å²) in [5.74, 6) is -0.518. The summed E-state index contributed by atoms with van der Waals surface area (Å²) in [6.07, 6.45) is 1.57. The number of halogens is 1. The van der Waals surface area contributed by atoms with Gasteiger partial charge in [-0.3, -0.25) is 14.2 Å². The maximum atomic E-state index is 13.4. The van der Waals surface area contributed by atoms with Crippen molar-refractivity contribution in [2.45, 2.75) is 19.5 Å². The number of benzene rings is 1. The molecular weight excluding hydrogens is 355 g/mol. The predicted octanol–water partition coefficient (Wildman–Crippen LogP) is 2.78. The van der Waals surface area contributed by atoms with Crippen LogP contribution in [-0.2, 0) is 17.9 Å². The molecule has 6 nitrogen and oxygen atoms in total. The van der Waals surface area contributed by atoms with Gasteiger partial charge in [0.15, 0.2) is 0 Å². The van der Waals surface area contributed by atoms with Gasteiger partial charge >= 0.3 is 0 Å². The average molecular weight is 370 g/mol. The van der Waals surface area contributed by atoms with Crippen LogP contribution in [0.3, 0.4) is 0 Å². The first kappa shape index (κ1) is 16.5. The Balaban J connectivity index is 1.51. The van der Waals surface area contributed by atoms with Crippen LogP contribution in [0, 0.1) is 5.82 Å². The van der Waals surface area contributed by atoms with Gasteiger partial charge in [-0.05, 0) is 29.6 Å². The first-order chi connectivity index (χ1) is 12.6. The first-order valence-electron chi connectivity index (χ1n) is 8.07. The number of hydrogen-bond acceptors (Lipinski definition) is 4. The Morgan fingerprint density at radius 2 is 2.23 bits per heavy atom. The molecule has 0 radical (unpaired) electrons. The van der Waals surface area contributed by atoms with E-state index in [1.807, 2.05) is 17.5 Å². The zero-order valence-electron chi connectivity index (χ0n) is 13.7. The van der Waals surface area contributed by atoms with Crippen LogP contribution in [0.2, 0.25) is 0 Å². The predicted molar refractivity (Wildman–Crippen MR) is 98.6 cm³/mol. The SMILES string of the molecule is O=C(CCn1cnc2c([nH]c3ccc(F)cc32)c1=O)NCc1cccs1. The highest BCUT2D eigenvalue weighted by Crippen LogP contribution is 2.22. The number of aromatic nitrogens is 3. The molecule has 0 saturated carbocycles. The third kappa shape index (κ3) is 3.11.